The number of halogens is 1. The third kappa shape index (κ3) is 2.27. The lowest BCUT2D eigenvalue weighted by molar-refractivity contribution is 0.150. The first-order valence-corrected chi connectivity index (χ1v) is 5.31. The van der Waals surface area contributed by atoms with E-state index in [1.807, 2.05) is 18.2 Å². The number of hydrogen-bond donors (Lipinski definition) is 1. The second-order valence-corrected chi connectivity index (χ2v) is 3.84. The van der Waals surface area contributed by atoms with E-state index in [0.717, 1.165) is 31.2 Å². The Balaban J connectivity index is 2.16. The Labute approximate surface area is 89.2 Å². The maximum absolute atomic E-state index is 6.13. The van der Waals surface area contributed by atoms with Crippen LogP contribution in [0.5, 0.6) is 0 Å². The van der Waals surface area contributed by atoms with E-state index in [-0.39, 0.29) is 0 Å². The van der Waals surface area contributed by atoms with Crippen LogP contribution >= 0.6 is 11.6 Å². The van der Waals surface area contributed by atoms with Crippen molar-refractivity contribution in [2.24, 2.45) is 0 Å². The summed E-state index contributed by atoms with van der Waals surface area (Å²) in [5, 5.41) is 4.27. The van der Waals surface area contributed by atoms with Gasteiger partial charge in [-0.2, -0.15) is 0 Å². The highest BCUT2D eigenvalue weighted by molar-refractivity contribution is 6.31. The first-order valence-electron chi connectivity index (χ1n) is 4.93. The van der Waals surface area contributed by atoms with Crippen molar-refractivity contribution in [1.29, 1.82) is 0 Å². The molecule has 0 amide bonds. The van der Waals surface area contributed by atoms with Gasteiger partial charge in [-0.25, -0.2) is 0 Å². The van der Waals surface area contributed by atoms with E-state index in [9.17, 15) is 0 Å². The lowest BCUT2D eigenvalue weighted by Crippen LogP contribution is -2.22. The van der Waals surface area contributed by atoms with Crippen molar-refractivity contribution in [3.8, 4) is 0 Å². The molecule has 0 saturated carbocycles. The van der Waals surface area contributed by atoms with Gasteiger partial charge in [-0.3, -0.25) is 0 Å². The Morgan fingerprint density at radius 3 is 3.00 bits per heavy atom. The molecule has 0 bridgehead atoms. The van der Waals surface area contributed by atoms with Gasteiger partial charge in [-0.1, -0.05) is 29.8 Å². The summed E-state index contributed by atoms with van der Waals surface area (Å²) < 4.78 is 5.38. The predicted molar refractivity (Wildman–Crippen MR) is 57.6 cm³/mol. The molecule has 0 spiro atoms. The zero-order chi connectivity index (χ0) is 9.80. The largest absolute Gasteiger partial charge is 0.380 e. The SMILES string of the molecule is Clc1ccccc1C1CCOCCN1. The van der Waals surface area contributed by atoms with Gasteiger partial charge in [0, 0.05) is 24.2 Å². The van der Waals surface area contributed by atoms with Crippen LogP contribution in [0.2, 0.25) is 5.02 Å². The first kappa shape index (κ1) is 9.97. The molecule has 0 aromatic heterocycles. The average molecular weight is 212 g/mol. The number of benzene rings is 1. The van der Waals surface area contributed by atoms with Crippen molar-refractivity contribution >= 4 is 11.6 Å². The van der Waals surface area contributed by atoms with Crippen molar-refractivity contribution in [2.75, 3.05) is 19.8 Å². The van der Waals surface area contributed by atoms with Crippen molar-refractivity contribution in [3.05, 3.63) is 34.9 Å². The molecule has 0 radical (unpaired) electrons. The molecule has 1 N–H and O–H groups in total. The Morgan fingerprint density at radius 2 is 2.14 bits per heavy atom. The zero-order valence-electron chi connectivity index (χ0n) is 8.00. The monoisotopic (exact) mass is 211 g/mol. The standard InChI is InChI=1S/C11H14ClNO/c12-10-4-2-1-3-9(10)11-5-7-14-8-6-13-11/h1-4,11,13H,5-8H2. The summed E-state index contributed by atoms with van der Waals surface area (Å²) in [6, 6.07) is 8.33. The summed E-state index contributed by atoms with van der Waals surface area (Å²) >= 11 is 6.13. The van der Waals surface area contributed by atoms with Gasteiger partial charge in [-0.15, -0.1) is 0 Å². The van der Waals surface area contributed by atoms with E-state index in [0.29, 0.717) is 6.04 Å². The van der Waals surface area contributed by atoms with Crippen LogP contribution < -0.4 is 5.32 Å². The van der Waals surface area contributed by atoms with Gasteiger partial charge in [0.1, 0.15) is 0 Å². The summed E-state index contributed by atoms with van der Waals surface area (Å²) in [6.45, 7) is 2.50. The molecule has 2 rings (SSSR count). The van der Waals surface area contributed by atoms with Crippen LogP contribution in [0.1, 0.15) is 18.0 Å². The van der Waals surface area contributed by atoms with Gasteiger partial charge in [0.05, 0.1) is 6.61 Å². The number of ether oxygens (including phenoxy) is 1. The molecule has 14 heavy (non-hydrogen) atoms. The predicted octanol–water partition coefficient (Wildman–Crippen LogP) is 2.39. The van der Waals surface area contributed by atoms with Gasteiger partial charge in [0.2, 0.25) is 0 Å². The molecule has 1 atom stereocenters. The molecule has 0 aliphatic carbocycles. The number of nitrogens with one attached hydrogen (secondary N) is 1. The molecular formula is C11H14ClNO. The molecular weight excluding hydrogens is 198 g/mol. The van der Waals surface area contributed by atoms with Crippen LogP contribution in [0, 0.1) is 0 Å². The first-order chi connectivity index (χ1) is 6.88. The smallest absolute Gasteiger partial charge is 0.0591 e. The van der Waals surface area contributed by atoms with Crippen LogP contribution in [-0.4, -0.2) is 19.8 Å². The van der Waals surface area contributed by atoms with Crippen molar-refractivity contribution in [2.45, 2.75) is 12.5 Å². The Hall–Kier alpha value is -0.570. The minimum absolute atomic E-state index is 0.339. The number of hydrogen-bond acceptors (Lipinski definition) is 2. The van der Waals surface area contributed by atoms with Crippen LogP contribution in [0.4, 0.5) is 0 Å². The molecule has 1 fully saturated rings. The molecule has 1 aromatic carbocycles. The van der Waals surface area contributed by atoms with E-state index in [2.05, 4.69) is 11.4 Å². The highest BCUT2D eigenvalue weighted by Gasteiger charge is 2.15. The molecule has 1 aliphatic heterocycles. The summed E-state index contributed by atoms with van der Waals surface area (Å²) in [6.07, 6.45) is 0.990. The maximum Gasteiger partial charge on any atom is 0.0591 e. The zero-order valence-corrected chi connectivity index (χ0v) is 8.76. The van der Waals surface area contributed by atoms with Crippen molar-refractivity contribution in [1.82, 2.24) is 5.32 Å². The van der Waals surface area contributed by atoms with Gasteiger partial charge in [0.15, 0.2) is 0 Å². The van der Waals surface area contributed by atoms with Crippen LogP contribution in [0.25, 0.3) is 0 Å². The molecule has 2 nitrogen and oxygen atoms in total. The van der Waals surface area contributed by atoms with Crippen LogP contribution in [0.15, 0.2) is 24.3 Å². The molecule has 1 heterocycles. The average Bonchev–Trinajstić information content (AvgIpc) is 2.47. The van der Waals surface area contributed by atoms with E-state index in [4.69, 9.17) is 16.3 Å². The minimum Gasteiger partial charge on any atom is -0.380 e. The van der Waals surface area contributed by atoms with Gasteiger partial charge in [0.25, 0.3) is 0 Å². The van der Waals surface area contributed by atoms with E-state index in [1.54, 1.807) is 0 Å². The van der Waals surface area contributed by atoms with Crippen LogP contribution in [-0.2, 0) is 4.74 Å². The van der Waals surface area contributed by atoms with Crippen molar-refractivity contribution < 1.29 is 4.74 Å². The molecule has 3 heteroatoms. The normalized spacial score (nSPS) is 23.1. The van der Waals surface area contributed by atoms with E-state index in [1.165, 1.54) is 5.56 Å². The third-order valence-corrected chi connectivity index (χ3v) is 2.81. The Kier molecular flexibility index (Phi) is 3.40. The summed E-state index contributed by atoms with van der Waals surface area (Å²) in [7, 11) is 0. The van der Waals surface area contributed by atoms with Gasteiger partial charge < -0.3 is 10.1 Å². The quantitative estimate of drug-likeness (QED) is 0.770. The molecule has 1 aromatic rings. The molecule has 1 aliphatic rings. The maximum atomic E-state index is 6.13. The second-order valence-electron chi connectivity index (χ2n) is 3.43. The topological polar surface area (TPSA) is 21.3 Å². The van der Waals surface area contributed by atoms with E-state index >= 15 is 0 Å². The van der Waals surface area contributed by atoms with Crippen molar-refractivity contribution in [3.63, 3.8) is 0 Å². The molecule has 1 unspecified atom stereocenters. The summed E-state index contributed by atoms with van der Waals surface area (Å²) in [5.74, 6) is 0. The highest BCUT2D eigenvalue weighted by Crippen LogP contribution is 2.25. The highest BCUT2D eigenvalue weighted by atomic mass is 35.5. The number of rotatable bonds is 1. The van der Waals surface area contributed by atoms with Gasteiger partial charge in [-0.05, 0) is 18.1 Å². The molecule has 1 saturated heterocycles. The second kappa shape index (κ2) is 4.78. The Bertz CT molecular complexity index is 295. The lowest BCUT2D eigenvalue weighted by atomic mass is 10.0. The molecule has 76 valence electrons. The fraction of sp³-hybridized carbons (Fsp3) is 0.455. The fourth-order valence-electron chi connectivity index (χ4n) is 1.73. The minimum atomic E-state index is 0.339. The van der Waals surface area contributed by atoms with E-state index < -0.39 is 0 Å². The van der Waals surface area contributed by atoms with Crippen LogP contribution in [0.3, 0.4) is 0 Å². The third-order valence-electron chi connectivity index (χ3n) is 2.47. The fourth-order valence-corrected chi connectivity index (χ4v) is 2.00. The van der Waals surface area contributed by atoms with Gasteiger partial charge >= 0.3 is 0 Å². The summed E-state index contributed by atoms with van der Waals surface area (Å²) in [4.78, 5) is 0. The summed E-state index contributed by atoms with van der Waals surface area (Å²) in [5.41, 5.74) is 1.18. The Morgan fingerprint density at radius 1 is 1.29 bits per heavy atom. The lowest BCUT2D eigenvalue weighted by Gasteiger charge is -2.16.